The number of oxazole rings is 1. The number of rotatable bonds is 6. The highest BCUT2D eigenvalue weighted by Gasteiger charge is 2.30. The molecule has 0 fully saturated rings. The first-order valence-electron chi connectivity index (χ1n) is 9.71. The van der Waals surface area contributed by atoms with E-state index in [1.54, 1.807) is 12.1 Å². The molecule has 3 aromatic carbocycles. The SMILES string of the molecule is Cc1ccc(CNc2oc(-c3ccc(C)cc3)nc2S(=O)(=O)c2ccccc2F)cc1. The van der Waals surface area contributed by atoms with Crippen LogP contribution in [0, 0.1) is 19.7 Å². The van der Waals surface area contributed by atoms with Crippen LogP contribution in [-0.4, -0.2) is 13.4 Å². The number of sulfone groups is 1. The lowest BCUT2D eigenvalue weighted by Gasteiger charge is -2.07. The van der Waals surface area contributed by atoms with Gasteiger partial charge in [-0.1, -0.05) is 59.7 Å². The van der Waals surface area contributed by atoms with Gasteiger partial charge in [0.25, 0.3) is 0 Å². The highest BCUT2D eigenvalue weighted by Crippen LogP contribution is 2.33. The summed E-state index contributed by atoms with van der Waals surface area (Å²) >= 11 is 0. The number of hydrogen-bond donors (Lipinski definition) is 1. The van der Waals surface area contributed by atoms with Crippen molar-refractivity contribution in [2.24, 2.45) is 0 Å². The van der Waals surface area contributed by atoms with Gasteiger partial charge in [0.15, 0.2) is 0 Å². The fourth-order valence-corrected chi connectivity index (χ4v) is 4.43. The Morgan fingerprint density at radius 3 is 2.16 bits per heavy atom. The van der Waals surface area contributed by atoms with E-state index in [1.807, 2.05) is 50.2 Å². The van der Waals surface area contributed by atoms with Gasteiger partial charge in [-0.25, -0.2) is 12.8 Å². The number of aromatic nitrogens is 1. The van der Waals surface area contributed by atoms with Crippen LogP contribution in [0.3, 0.4) is 0 Å². The lowest BCUT2D eigenvalue weighted by Crippen LogP contribution is -2.09. The average molecular weight is 437 g/mol. The Hall–Kier alpha value is -3.45. The number of anilines is 1. The molecule has 4 rings (SSSR count). The lowest BCUT2D eigenvalue weighted by atomic mass is 10.1. The van der Waals surface area contributed by atoms with Crippen molar-refractivity contribution in [1.29, 1.82) is 0 Å². The predicted molar refractivity (Wildman–Crippen MR) is 117 cm³/mol. The van der Waals surface area contributed by atoms with E-state index >= 15 is 0 Å². The van der Waals surface area contributed by atoms with Crippen LogP contribution in [0.4, 0.5) is 10.3 Å². The van der Waals surface area contributed by atoms with Crippen LogP contribution in [0.2, 0.25) is 0 Å². The molecule has 0 atom stereocenters. The van der Waals surface area contributed by atoms with Gasteiger partial charge in [0.2, 0.25) is 26.6 Å². The third-order valence-corrected chi connectivity index (χ3v) is 6.54. The molecule has 0 aliphatic rings. The third-order valence-electron chi connectivity index (χ3n) is 4.85. The molecule has 1 aromatic heterocycles. The molecule has 0 unspecified atom stereocenters. The van der Waals surface area contributed by atoms with Gasteiger partial charge in [0.1, 0.15) is 10.7 Å². The predicted octanol–water partition coefficient (Wildman–Crippen LogP) is 5.54. The third kappa shape index (κ3) is 4.36. The van der Waals surface area contributed by atoms with Gasteiger partial charge < -0.3 is 9.73 Å². The smallest absolute Gasteiger partial charge is 0.234 e. The second kappa shape index (κ2) is 8.35. The monoisotopic (exact) mass is 436 g/mol. The summed E-state index contributed by atoms with van der Waals surface area (Å²) in [5, 5.41) is 2.67. The van der Waals surface area contributed by atoms with Crippen LogP contribution in [0.1, 0.15) is 16.7 Å². The number of nitrogens with one attached hydrogen (secondary N) is 1. The molecule has 7 heteroatoms. The summed E-state index contributed by atoms with van der Waals surface area (Å²) in [5.41, 5.74) is 3.73. The van der Waals surface area contributed by atoms with E-state index in [0.29, 0.717) is 12.1 Å². The van der Waals surface area contributed by atoms with Crippen molar-refractivity contribution in [2.75, 3.05) is 5.32 Å². The van der Waals surface area contributed by atoms with Crippen molar-refractivity contribution in [1.82, 2.24) is 4.98 Å². The molecule has 1 N–H and O–H groups in total. The quantitative estimate of drug-likeness (QED) is 0.429. The second-order valence-corrected chi connectivity index (χ2v) is 9.13. The molecule has 0 radical (unpaired) electrons. The van der Waals surface area contributed by atoms with Crippen LogP contribution in [0.5, 0.6) is 0 Å². The molecule has 0 spiro atoms. The molecule has 0 aliphatic heterocycles. The van der Waals surface area contributed by atoms with E-state index < -0.39 is 20.5 Å². The molecule has 0 amide bonds. The number of aryl methyl sites for hydroxylation is 2. The van der Waals surface area contributed by atoms with Gasteiger partial charge in [0, 0.05) is 12.1 Å². The standard InChI is InChI=1S/C24H21FN2O3S/c1-16-7-11-18(12-8-16)15-26-23-24(31(28,29)21-6-4-3-5-20(21)25)27-22(30-23)19-13-9-17(2)10-14-19/h3-14,26H,15H2,1-2H3. The molecule has 0 saturated heterocycles. The topological polar surface area (TPSA) is 72.2 Å². The molecule has 1 heterocycles. The van der Waals surface area contributed by atoms with Crippen LogP contribution < -0.4 is 5.32 Å². The average Bonchev–Trinajstić information content (AvgIpc) is 3.19. The fourth-order valence-electron chi connectivity index (χ4n) is 3.07. The van der Waals surface area contributed by atoms with Crippen molar-refractivity contribution in [2.45, 2.75) is 30.3 Å². The van der Waals surface area contributed by atoms with E-state index in [-0.39, 0.29) is 16.8 Å². The molecule has 0 bridgehead atoms. The van der Waals surface area contributed by atoms with Crippen molar-refractivity contribution < 1.29 is 17.2 Å². The molecular weight excluding hydrogens is 415 g/mol. The van der Waals surface area contributed by atoms with Crippen molar-refractivity contribution in [3.63, 3.8) is 0 Å². The molecule has 0 aliphatic carbocycles. The Morgan fingerprint density at radius 2 is 1.52 bits per heavy atom. The fraction of sp³-hybridized carbons (Fsp3) is 0.125. The largest absolute Gasteiger partial charge is 0.419 e. The Balaban J connectivity index is 1.77. The maximum atomic E-state index is 14.3. The zero-order valence-electron chi connectivity index (χ0n) is 17.1. The first kappa shape index (κ1) is 20.8. The minimum absolute atomic E-state index is 0.0283. The van der Waals surface area contributed by atoms with Gasteiger partial charge in [0.05, 0.1) is 0 Å². The maximum Gasteiger partial charge on any atom is 0.234 e. The number of benzene rings is 3. The number of hydrogen-bond acceptors (Lipinski definition) is 5. The Labute approximate surface area is 180 Å². The van der Waals surface area contributed by atoms with Crippen LogP contribution in [0.25, 0.3) is 11.5 Å². The minimum atomic E-state index is -4.25. The van der Waals surface area contributed by atoms with Crippen molar-refractivity contribution >= 4 is 15.7 Å². The summed E-state index contributed by atoms with van der Waals surface area (Å²) in [4.78, 5) is 3.79. The zero-order chi connectivity index (χ0) is 22.0. The van der Waals surface area contributed by atoms with Gasteiger partial charge in [-0.3, -0.25) is 0 Å². The molecular formula is C24H21FN2O3S. The molecule has 0 saturated carbocycles. The van der Waals surface area contributed by atoms with E-state index in [1.165, 1.54) is 18.2 Å². The first-order valence-corrected chi connectivity index (χ1v) is 11.2. The summed E-state index contributed by atoms with van der Waals surface area (Å²) in [6.07, 6.45) is 0. The normalized spacial score (nSPS) is 11.5. The van der Waals surface area contributed by atoms with Gasteiger partial charge >= 0.3 is 0 Å². The van der Waals surface area contributed by atoms with Crippen molar-refractivity contribution in [3.05, 3.63) is 95.3 Å². The molecule has 31 heavy (non-hydrogen) atoms. The maximum absolute atomic E-state index is 14.3. The zero-order valence-corrected chi connectivity index (χ0v) is 17.9. The van der Waals surface area contributed by atoms with Crippen LogP contribution in [0.15, 0.2) is 87.1 Å². The molecule has 5 nitrogen and oxygen atoms in total. The summed E-state index contributed by atoms with van der Waals surface area (Å²) in [6.45, 7) is 4.26. The van der Waals surface area contributed by atoms with Gasteiger partial charge in [-0.2, -0.15) is 4.98 Å². The Kier molecular flexibility index (Phi) is 5.61. The summed E-state index contributed by atoms with van der Waals surface area (Å²) in [5.74, 6) is -0.729. The Bertz CT molecular complexity index is 1310. The molecule has 158 valence electrons. The number of nitrogens with zero attached hydrogens (tertiary/aromatic N) is 1. The minimum Gasteiger partial charge on any atom is -0.419 e. The van der Waals surface area contributed by atoms with Gasteiger partial charge in [-0.05, 0) is 43.7 Å². The van der Waals surface area contributed by atoms with E-state index in [2.05, 4.69) is 10.3 Å². The number of halogens is 1. The Morgan fingerprint density at radius 1 is 0.903 bits per heavy atom. The first-order chi connectivity index (χ1) is 14.8. The second-order valence-electron chi connectivity index (χ2n) is 7.29. The highest BCUT2D eigenvalue weighted by molar-refractivity contribution is 7.91. The highest BCUT2D eigenvalue weighted by atomic mass is 32.2. The summed E-state index contributed by atoms with van der Waals surface area (Å²) in [7, 11) is -4.25. The van der Waals surface area contributed by atoms with E-state index in [0.717, 1.165) is 22.8 Å². The molecule has 4 aromatic rings. The van der Waals surface area contributed by atoms with E-state index in [9.17, 15) is 12.8 Å². The summed E-state index contributed by atoms with van der Waals surface area (Å²) < 4.78 is 46.6. The van der Waals surface area contributed by atoms with E-state index in [4.69, 9.17) is 4.42 Å². The summed E-state index contributed by atoms with van der Waals surface area (Å²) in [6, 6.07) is 20.4. The van der Waals surface area contributed by atoms with Crippen LogP contribution >= 0.6 is 0 Å². The van der Waals surface area contributed by atoms with Gasteiger partial charge in [-0.15, -0.1) is 0 Å². The lowest BCUT2D eigenvalue weighted by molar-refractivity contribution is 0.562. The van der Waals surface area contributed by atoms with Crippen molar-refractivity contribution in [3.8, 4) is 11.5 Å². The van der Waals surface area contributed by atoms with Crippen LogP contribution in [-0.2, 0) is 16.4 Å².